The zero-order valence-electron chi connectivity index (χ0n) is 15.7. The van der Waals surface area contributed by atoms with E-state index in [2.05, 4.69) is 30.3 Å². The smallest absolute Gasteiger partial charge is 0.262 e. The third kappa shape index (κ3) is 4.07. The van der Waals surface area contributed by atoms with Gasteiger partial charge in [0, 0.05) is 16.3 Å². The Balaban J connectivity index is 1.33. The average Bonchev–Trinajstić information content (AvgIpc) is 3.07. The van der Waals surface area contributed by atoms with Gasteiger partial charge < -0.3 is 0 Å². The summed E-state index contributed by atoms with van der Waals surface area (Å²) in [5.74, 6) is -0.176. The predicted molar refractivity (Wildman–Crippen MR) is 107 cm³/mol. The molecule has 0 saturated carbocycles. The lowest BCUT2D eigenvalue weighted by Gasteiger charge is -2.14. The van der Waals surface area contributed by atoms with Crippen LogP contribution >= 0.6 is 11.3 Å². The van der Waals surface area contributed by atoms with E-state index >= 15 is 0 Å². The van der Waals surface area contributed by atoms with Gasteiger partial charge in [-0.3, -0.25) is 14.5 Å². The number of amides is 2. The maximum absolute atomic E-state index is 12.5. The number of fused-ring (bicyclic) bond motifs is 1. The summed E-state index contributed by atoms with van der Waals surface area (Å²) in [5, 5.41) is 0. The molecule has 138 valence electrons. The molecule has 1 aliphatic heterocycles. The lowest BCUT2D eigenvalue weighted by Crippen LogP contribution is -2.31. The Bertz CT molecular complexity index is 742. The van der Waals surface area contributed by atoms with Crippen molar-refractivity contribution in [3.63, 3.8) is 0 Å². The Morgan fingerprint density at radius 2 is 1.31 bits per heavy atom. The monoisotopic (exact) mass is 369 g/mol. The fourth-order valence-electron chi connectivity index (χ4n) is 3.71. The lowest BCUT2D eigenvalue weighted by atomic mass is 10.0. The Hall–Kier alpha value is -1.94. The minimum atomic E-state index is -0.0882. The maximum Gasteiger partial charge on any atom is 0.262 e. The molecule has 0 bridgehead atoms. The van der Waals surface area contributed by atoms with Crippen molar-refractivity contribution in [2.45, 2.75) is 58.8 Å². The van der Waals surface area contributed by atoms with Gasteiger partial charge in [-0.15, -0.1) is 11.3 Å². The molecule has 1 aliphatic rings. The highest BCUT2D eigenvalue weighted by Crippen LogP contribution is 2.34. The number of rotatable bonds is 9. The molecule has 2 aromatic rings. The van der Waals surface area contributed by atoms with E-state index in [4.69, 9.17) is 0 Å². The van der Waals surface area contributed by atoms with Gasteiger partial charge in [0.2, 0.25) is 0 Å². The standard InChI is InChI=1S/C22H27NO2S/c1-16-19-20(17(2)26-16)22(25)23(21(19)24)15-11-6-4-3-5-8-12-18-13-9-7-10-14-18/h7,9-10,13-14H,3-6,8,11-12,15H2,1-2H3. The van der Waals surface area contributed by atoms with Crippen molar-refractivity contribution >= 4 is 23.2 Å². The van der Waals surface area contributed by atoms with Gasteiger partial charge in [0.05, 0.1) is 11.1 Å². The molecule has 26 heavy (non-hydrogen) atoms. The third-order valence-corrected chi connectivity index (χ3v) is 6.14. The largest absolute Gasteiger partial charge is 0.274 e. The summed E-state index contributed by atoms with van der Waals surface area (Å²) in [4.78, 5) is 28.4. The maximum atomic E-state index is 12.5. The van der Waals surface area contributed by atoms with E-state index in [1.54, 1.807) is 11.3 Å². The first kappa shape index (κ1) is 18.8. The summed E-state index contributed by atoms with van der Waals surface area (Å²) in [6.07, 6.45) is 8.00. The first-order valence-corrected chi connectivity index (χ1v) is 10.4. The van der Waals surface area contributed by atoms with E-state index in [9.17, 15) is 9.59 Å². The second-order valence-corrected chi connectivity index (χ2v) is 8.51. The molecule has 0 unspecified atom stereocenters. The van der Waals surface area contributed by atoms with Crippen LogP contribution in [0.2, 0.25) is 0 Å². The molecule has 2 amide bonds. The molecule has 0 N–H and O–H groups in total. The van der Waals surface area contributed by atoms with Gasteiger partial charge in [-0.05, 0) is 38.7 Å². The zero-order chi connectivity index (χ0) is 18.5. The Morgan fingerprint density at radius 1 is 0.769 bits per heavy atom. The highest BCUT2D eigenvalue weighted by atomic mass is 32.1. The van der Waals surface area contributed by atoms with Gasteiger partial charge in [-0.1, -0.05) is 56.0 Å². The Kier molecular flexibility index (Phi) is 6.25. The number of nitrogens with zero attached hydrogens (tertiary/aromatic N) is 1. The first-order chi connectivity index (χ1) is 12.6. The first-order valence-electron chi connectivity index (χ1n) is 9.59. The molecule has 0 saturated heterocycles. The van der Waals surface area contributed by atoms with Gasteiger partial charge in [-0.2, -0.15) is 0 Å². The average molecular weight is 370 g/mol. The number of aryl methyl sites for hydroxylation is 3. The molecule has 3 rings (SSSR count). The van der Waals surface area contributed by atoms with Crippen molar-refractivity contribution in [1.29, 1.82) is 0 Å². The molecule has 1 aromatic heterocycles. The van der Waals surface area contributed by atoms with Crippen LogP contribution in [0.25, 0.3) is 0 Å². The van der Waals surface area contributed by atoms with Crippen LogP contribution in [0.4, 0.5) is 0 Å². The van der Waals surface area contributed by atoms with Crippen LogP contribution < -0.4 is 0 Å². The number of carbonyl (C=O) groups is 2. The fraction of sp³-hybridized carbons (Fsp3) is 0.455. The van der Waals surface area contributed by atoms with Crippen molar-refractivity contribution in [3.8, 4) is 0 Å². The van der Waals surface area contributed by atoms with Crippen LogP contribution in [0.15, 0.2) is 30.3 Å². The molecule has 0 radical (unpaired) electrons. The molecule has 0 atom stereocenters. The Morgan fingerprint density at radius 3 is 1.92 bits per heavy atom. The third-order valence-electron chi connectivity index (χ3n) is 5.12. The van der Waals surface area contributed by atoms with Crippen molar-refractivity contribution < 1.29 is 9.59 Å². The molecule has 0 aliphatic carbocycles. The van der Waals surface area contributed by atoms with E-state index in [0.29, 0.717) is 17.7 Å². The number of thiophene rings is 1. The van der Waals surface area contributed by atoms with Crippen LogP contribution in [-0.2, 0) is 6.42 Å². The fourth-order valence-corrected chi connectivity index (χ4v) is 4.76. The highest BCUT2D eigenvalue weighted by molar-refractivity contribution is 7.12. The quantitative estimate of drug-likeness (QED) is 0.429. The summed E-state index contributed by atoms with van der Waals surface area (Å²) in [7, 11) is 0. The van der Waals surface area contributed by atoms with E-state index in [1.165, 1.54) is 36.1 Å². The van der Waals surface area contributed by atoms with E-state index in [0.717, 1.165) is 29.0 Å². The van der Waals surface area contributed by atoms with Crippen molar-refractivity contribution in [2.75, 3.05) is 6.54 Å². The van der Waals surface area contributed by atoms with Crippen LogP contribution in [0.3, 0.4) is 0 Å². The Labute approximate surface area is 160 Å². The molecule has 4 heteroatoms. The van der Waals surface area contributed by atoms with Crippen LogP contribution in [0.1, 0.15) is 74.6 Å². The number of benzene rings is 1. The topological polar surface area (TPSA) is 37.4 Å². The summed E-state index contributed by atoms with van der Waals surface area (Å²) in [6, 6.07) is 10.6. The van der Waals surface area contributed by atoms with Crippen LogP contribution in [0.5, 0.6) is 0 Å². The minimum Gasteiger partial charge on any atom is -0.274 e. The molecule has 1 aromatic carbocycles. The summed E-state index contributed by atoms with van der Waals surface area (Å²) in [5.41, 5.74) is 2.72. The number of imide groups is 1. The minimum absolute atomic E-state index is 0.0882. The van der Waals surface area contributed by atoms with Gasteiger partial charge in [0.1, 0.15) is 0 Å². The number of hydrogen-bond donors (Lipinski definition) is 0. The molecule has 0 fully saturated rings. The van der Waals surface area contributed by atoms with Gasteiger partial charge in [0.25, 0.3) is 11.8 Å². The number of unbranched alkanes of at least 4 members (excludes halogenated alkanes) is 5. The van der Waals surface area contributed by atoms with Gasteiger partial charge in [-0.25, -0.2) is 0 Å². The van der Waals surface area contributed by atoms with Crippen molar-refractivity contribution in [3.05, 3.63) is 56.8 Å². The van der Waals surface area contributed by atoms with Gasteiger partial charge >= 0.3 is 0 Å². The molecule has 2 heterocycles. The summed E-state index contributed by atoms with van der Waals surface area (Å²) >= 11 is 1.55. The summed E-state index contributed by atoms with van der Waals surface area (Å²) in [6.45, 7) is 4.42. The van der Waals surface area contributed by atoms with E-state index in [1.807, 2.05) is 13.8 Å². The SMILES string of the molecule is Cc1sc(C)c2c1C(=O)N(CCCCCCCCc1ccccc1)C2=O. The predicted octanol–water partition coefficient (Wildman–Crippen LogP) is 5.54. The van der Waals surface area contributed by atoms with E-state index < -0.39 is 0 Å². The molecule has 3 nitrogen and oxygen atoms in total. The number of carbonyl (C=O) groups excluding carboxylic acids is 2. The van der Waals surface area contributed by atoms with E-state index in [-0.39, 0.29) is 11.8 Å². The van der Waals surface area contributed by atoms with Gasteiger partial charge in [0.15, 0.2) is 0 Å². The second-order valence-electron chi connectivity index (χ2n) is 7.08. The van der Waals surface area contributed by atoms with Crippen molar-refractivity contribution in [2.24, 2.45) is 0 Å². The second kappa shape index (κ2) is 8.63. The van der Waals surface area contributed by atoms with Crippen LogP contribution in [0, 0.1) is 13.8 Å². The zero-order valence-corrected chi connectivity index (χ0v) is 16.5. The van der Waals surface area contributed by atoms with Crippen molar-refractivity contribution in [1.82, 2.24) is 4.90 Å². The normalized spacial score (nSPS) is 13.5. The molecular weight excluding hydrogens is 342 g/mol. The number of hydrogen-bond acceptors (Lipinski definition) is 3. The summed E-state index contributed by atoms with van der Waals surface area (Å²) < 4.78 is 0. The van der Waals surface area contributed by atoms with Crippen LogP contribution in [-0.4, -0.2) is 23.3 Å². The lowest BCUT2D eigenvalue weighted by molar-refractivity contribution is 0.0651. The highest BCUT2D eigenvalue weighted by Gasteiger charge is 2.39. The molecule has 0 spiro atoms. The molecular formula is C22H27NO2S.